The molecule has 0 aliphatic carbocycles. The quantitative estimate of drug-likeness (QED) is 0.901. The van der Waals surface area contributed by atoms with Gasteiger partial charge in [-0.25, -0.2) is 0 Å². The Bertz CT molecular complexity index is 758. The van der Waals surface area contributed by atoms with Gasteiger partial charge in [-0.3, -0.25) is 9.59 Å². The van der Waals surface area contributed by atoms with Crippen LogP contribution < -0.4 is 0 Å². The Morgan fingerprint density at radius 3 is 1.92 bits per heavy atom. The second-order valence-corrected chi connectivity index (χ2v) is 7.86. The average Bonchev–Trinajstić information content (AvgIpc) is 3.04. The van der Waals surface area contributed by atoms with Crippen LogP contribution in [-0.2, 0) is 5.41 Å². The maximum Gasteiger partial charge on any atom is 0.255 e. The predicted octanol–water partition coefficient (Wildman–Crippen LogP) is 3.30. The summed E-state index contributed by atoms with van der Waals surface area (Å²) in [5.41, 5.74) is 2.67. The zero-order valence-electron chi connectivity index (χ0n) is 15.8. The van der Waals surface area contributed by atoms with E-state index in [0.717, 1.165) is 6.42 Å². The first-order chi connectivity index (χ1) is 12.4. The molecular weight excluding hydrogens is 326 g/mol. The summed E-state index contributed by atoms with van der Waals surface area (Å²) >= 11 is 0. The zero-order valence-corrected chi connectivity index (χ0v) is 15.8. The van der Waals surface area contributed by atoms with Crippen molar-refractivity contribution < 1.29 is 9.59 Å². The van der Waals surface area contributed by atoms with Crippen molar-refractivity contribution in [3.8, 4) is 0 Å². The topological polar surface area (TPSA) is 56.4 Å². The maximum absolute atomic E-state index is 12.8. The normalized spacial score (nSPS) is 15.7. The van der Waals surface area contributed by atoms with Crippen molar-refractivity contribution in [2.45, 2.75) is 32.6 Å². The highest BCUT2D eigenvalue weighted by Crippen LogP contribution is 2.22. The molecule has 138 valence electrons. The molecule has 2 heterocycles. The number of hydrogen-bond donors (Lipinski definition) is 1. The van der Waals surface area contributed by atoms with Crippen LogP contribution in [-0.4, -0.2) is 52.8 Å². The van der Waals surface area contributed by atoms with E-state index in [9.17, 15) is 9.59 Å². The van der Waals surface area contributed by atoms with E-state index in [1.807, 2.05) is 34.1 Å². The first-order valence-electron chi connectivity index (χ1n) is 9.18. The number of nitrogens with one attached hydrogen (secondary N) is 1. The second kappa shape index (κ2) is 7.36. The van der Waals surface area contributed by atoms with Gasteiger partial charge in [0.1, 0.15) is 0 Å². The van der Waals surface area contributed by atoms with Gasteiger partial charge in [0.05, 0.1) is 5.56 Å². The fourth-order valence-corrected chi connectivity index (χ4v) is 3.26. The molecule has 0 unspecified atom stereocenters. The summed E-state index contributed by atoms with van der Waals surface area (Å²) in [5.74, 6) is 0.0662. The number of carbonyl (C=O) groups is 2. The van der Waals surface area contributed by atoms with E-state index in [1.165, 1.54) is 5.56 Å². The van der Waals surface area contributed by atoms with Crippen LogP contribution >= 0.6 is 0 Å². The molecule has 2 amide bonds. The van der Waals surface area contributed by atoms with Crippen LogP contribution in [0, 0.1) is 0 Å². The molecule has 5 heteroatoms. The molecule has 2 aromatic rings. The lowest BCUT2D eigenvalue weighted by Gasteiger charge is -2.23. The fraction of sp³-hybridized carbons (Fsp3) is 0.429. The van der Waals surface area contributed by atoms with Crippen LogP contribution in [0.1, 0.15) is 53.5 Å². The van der Waals surface area contributed by atoms with Gasteiger partial charge in [-0.2, -0.15) is 0 Å². The van der Waals surface area contributed by atoms with E-state index >= 15 is 0 Å². The number of nitrogens with zero attached hydrogens (tertiary/aromatic N) is 2. The molecule has 3 rings (SSSR count). The van der Waals surface area contributed by atoms with Crippen molar-refractivity contribution in [3.05, 3.63) is 59.4 Å². The van der Waals surface area contributed by atoms with Crippen molar-refractivity contribution >= 4 is 11.8 Å². The Morgan fingerprint density at radius 2 is 1.42 bits per heavy atom. The van der Waals surface area contributed by atoms with E-state index in [1.54, 1.807) is 18.5 Å². The summed E-state index contributed by atoms with van der Waals surface area (Å²) in [6.07, 6.45) is 4.26. The number of carbonyl (C=O) groups excluding carboxylic acids is 2. The lowest BCUT2D eigenvalue weighted by molar-refractivity contribution is 0.0719. The SMILES string of the molecule is CC(C)(C)c1ccc(C(=O)N2CCCN(C(=O)c3cc[nH]c3)CC2)cc1. The van der Waals surface area contributed by atoms with E-state index < -0.39 is 0 Å². The van der Waals surface area contributed by atoms with E-state index in [2.05, 4.69) is 25.8 Å². The molecule has 1 aliphatic heterocycles. The van der Waals surface area contributed by atoms with Gasteiger partial charge in [-0.15, -0.1) is 0 Å². The zero-order chi connectivity index (χ0) is 18.7. The third kappa shape index (κ3) is 3.98. The molecule has 1 aromatic carbocycles. The highest BCUT2D eigenvalue weighted by molar-refractivity contribution is 5.95. The highest BCUT2D eigenvalue weighted by Gasteiger charge is 2.24. The van der Waals surface area contributed by atoms with Crippen molar-refractivity contribution in [1.82, 2.24) is 14.8 Å². The lowest BCUT2D eigenvalue weighted by Crippen LogP contribution is -2.37. The van der Waals surface area contributed by atoms with Gasteiger partial charge in [-0.05, 0) is 35.6 Å². The standard InChI is InChI=1S/C21H27N3O2/c1-21(2,3)18-7-5-16(6-8-18)19(25)23-11-4-12-24(14-13-23)20(26)17-9-10-22-15-17/h5-10,15,22H,4,11-14H2,1-3H3. The van der Waals surface area contributed by atoms with Gasteiger partial charge in [0.2, 0.25) is 0 Å². The van der Waals surface area contributed by atoms with Gasteiger partial charge in [0, 0.05) is 44.1 Å². The number of amides is 2. The smallest absolute Gasteiger partial charge is 0.255 e. The van der Waals surface area contributed by atoms with Crippen molar-refractivity contribution in [2.24, 2.45) is 0 Å². The number of aromatic nitrogens is 1. The number of aromatic amines is 1. The molecule has 26 heavy (non-hydrogen) atoms. The van der Waals surface area contributed by atoms with E-state index in [4.69, 9.17) is 0 Å². The Labute approximate surface area is 155 Å². The lowest BCUT2D eigenvalue weighted by atomic mass is 9.86. The van der Waals surface area contributed by atoms with Crippen LogP contribution in [0.5, 0.6) is 0 Å². The molecule has 0 radical (unpaired) electrons. The molecule has 0 bridgehead atoms. The van der Waals surface area contributed by atoms with Gasteiger partial charge in [0.25, 0.3) is 11.8 Å². The predicted molar refractivity (Wildman–Crippen MR) is 102 cm³/mol. The van der Waals surface area contributed by atoms with Crippen LogP contribution in [0.15, 0.2) is 42.7 Å². The first-order valence-corrected chi connectivity index (χ1v) is 9.18. The molecule has 0 saturated carbocycles. The number of H-pyrrole nitrogens is 1. The van der Waals surface area contributed by atoms with Gasteiger partial charge < -0.3 is 14.8 Å². The number of hydrogen-bond acceptors (Lipinski definition) is 2. The first kappa shape index (κ1) is 18.2. The third-order valence-electron chi connectivity index (χ3n) is 4.91. The molecule has 0 atom stereocenters. The monoisotopic (exact) mass is 353 g/mol. The van der Waals surface area contributed by atoms with E-state index in [0.29, 0.717) is 37.3 Å². The number of benzene rings is 1. The molecule has 1 saturated heterocycles. The van der Waals surface area contributed by atoms with Crippen molar-refractivity contribution in [3.63, 3.8) is 0 Å². The summed E-state index contributed by atoms with van der Waals surface area (Å²) < 4.78 is 0. The van der Waals surface area contributed by atoms with Crippen molar-refractivity contribution in [1.29, 1.82) is 0 Å². The minimum Gasteiger partial charge on any atom is -0.367 e. The average molecular weight is 353 g/mol. The largest absolute Gasteiger partial charge is 0.367 e. The summed E-state index contributed by atoms with van der Waals surface area (Å²) in [6, 6.07) is 9.68. The Kier molecular flexibility index (Phi) is 5.16. The second-order valence-electron chi connectivity index (χ2n) is 7.86. The molecule has 0 spiro atoms. The van der Waals surface area contributed by atoms with Gasteiger partial charge in [0.15, 0.2) is 0 Å². The molecule has 1 aromatic heterocycles. The Balaban J connectivity index is 1.65. The molecule has 5 nitrogen and oxygen atoms in total. The maximum atomic E-state index is 12.8. The third-order valence-corrected chi connectivity index (χ3v) is 4.91. The van der Waals surface area contributed by atoms with Crippen LogP contribution in [0.4, 0.5) is 0 Å². The number of rotatable bonds is 2. The fourth-order valence-electron chi connectivity index (χ4n) is 3.26. The summed E-state index contributed by atoms with van der Waals surface area (Å²) in [4.78, 5) is 31.9. The summed E-state index contributed by atoms with van der Waals surface area (Å²) in [7, 11) is 0. The van der Waals surface area contributed by atoms with Crippen LogP contribution in [0.2, 0.25) is 0 Å². The Morgan fingerprint density at radius 1 is 0.846 bits per heavy atom. The van der Waals surface area contributed by atoms with E-state index in [-0.39, 0.29) is 17.2 Å². The minimum absolute atomic E-state index is 0.0232. The molecular formula is C21H27N3O2. The molecule has 1 fully saturated rings. The van der Waals surface area contributed by atoms with Gasteiger partial charge in [-0.1, -0.05) is 32.9 Å². The molecule has 1 N–H and O–H groups in total. The highest BCUT2D eigenvalue weighted by atomic mass is 16.2. The van der Waals surface area contributed by atoms with Crippen LogP contribution in [0.3, 0.4) is 0 Å². The Hall–Kier alpha value is -2.56. The summed E-state index contributed by atoms with van der Waals surface area (Å²) in [6.45, 7) is 8.97. The van der Waals surface area contributed by atoms with Crippen molar-refractivity contribution in [2.75, 3.05) is 26.2 Å². The summed E-state index contributed by atoms with van der Waals surface area (Å²) in [5, 5.41) is 0. The molecule has 1 aliphatic rings. The minimum atomic E-state index is 0.0232. The van der Waals surface area contributed by atoms with Crippen LogP contribution in [0.25, 0.3) is 0 Å². The van der Waals surface area contributed by atoms with Gasteiger partial charge >= 0.3 is 0 Å².